The molecule has 0 saturated carbocycles. The van der Waals surface area contributed by atoms with Crippen molar-refractivity contribution in [2.24, 2.45) is 0 Å². The van der Waals surface area contributed by atoms with Crippen LogP contribution in [0.4, 0.5) is 0 Å². The molecule has 1 saturated heterocycles. The van der Waals surface area contributed by atoms with Crippen molar-refractivity contribution in [2.75, 3.05) is 0 Å². The molecule has 0 atom stereocenters. The minimum absolute atomic E-state index is 0.382. The van der Waals surface area contributed by atoms with Gasteiger partial charge < -0.3 is 13.9 Å². The highest BCUT2D eigenvalue weighted by molar-refractivity contribution is 6.62. The van der Waals surface area contributed by atoms with Crippen LogP contribution in [0.1, 0.15) is 41.5 Å². The van der Waals surface area contributed by atoms with Crippen molar-refractivity contribution in [3.8, 4) is 39.1 Å². The Morgan fingerprint density at radius 1 is 0.438 bits per heavy atom. The van der Waals surface area contributed by atoms with Gasteiger partial charge in [0.1, 0.15) is 0 Å². The Morgan fingerprint density at radius 3 is 1.58 bits per heavy atom. The van der Waals surface area contributed by atoms with E-state index in [9.17, 15) is 0 Å². The zero-order valence-corrected chi connectivity index (χ0v) is 28.7. The van der Waals surface area contributed by atoms with Crippen LogP contribution in [0.5, 0.6) is 0 Å². The van der Waals surface area contributed by atoms with Crippen LogP contribution in [0.25, 0.3) is 60.9 Å². The Morgan fingerprint density at radius 2 is 0.958 bits per heavy atom. The maximum Gasteiger partial charge on any atom is 0.494 e. The molecule has 7 aromatic rings. The Bertz CT molecular complexity index is 2140. The van der Waals surface area contributed by atoms with Gasteiger partial charge in [-0.3, -0.25) is 0 Å². The second-order valence-corrected chi connectivity index (χ2v) is 13.3. The Balaban J connectivity index is 0.00000179. The summed E-state index contributed by atoms with van der Waals surface area (Å²) >= 11 is 0. The Kier molecular flexibility index (Phi) is 8.33. The number of aromatic nitrogens is 1. The summed E-state index contributed by atoms with van der Waals surface area (Å²) in [6.07, 6.45) is 0. The van der Waals surface area contributed by atoms with Gasteiger partial charge in [0.25, 0.3) is 0 Å². The quantitative estimate of drug-likeness (QED) is 0.177. The van der Waals surface area contributed by atoms with E-state index < -0.39 is 7.12 Å². The summed E-state index contributed by atoms with van der Waals surface area (Å²) in [5, 5.41) is 2.45. The van der Waals surface area contributed by atoms with Crippen molar-refractivity contribution in [1.82, 2.24) is 4.57 Å². The van der Waals surface area contributed by atoms with E-state index in [1.165, 1.54) is 44.1 Å². The Hall–Kier alpha value is -4.90. The van der Waals surface area contributed by atoms with Gasteiger partial charge in [-0.25, -0.2) is 0 Å². The molecule has 3 nitrogen and oxygen atoms in total. The smallest absolute Gasteiger partial charge is 0.399 e. The van der Waals surface area contributed by atoms with Gasteiger partial charge in [0.05, 0.1) is 22.2 Å². The fraction of sp³-hybridized carbons (Fsp3) is 0.182. The van der Waals surface area contributed by atoms with Crippen LogP contribution in [0.3, 0.4) is 0 Å². The molecule has 1 aromatic heterocycles. The topological polar surface area (TPSA) is 23.4 Å². The van der Waals surface area contributed by atoms with Crippen molar-refractivity contribution in [1.29, 1.82) is 0 Å². The van der Waals surface area contributed by atoms with Gasteiger partial charge >= 0.3 is 7.12 Å². The molecule has 0 bridgehead atoms. The van der Waals surface area contributed by atoms with Crippen molar-refractivity contribution in [3.05, 3.63) is 146 Å². The maximum absolute atomic E-state index is 6.38. The van der Waals surface area contributed by atoms with Crippen molar-refractivity contribution < 1.29 is 9.31 Å². The Labute approximate surface area is 284 Å². The van der Waals surface area contributed by atoms with E-state index in [2.05, 4.69) is 178 Å². The zero-order valence-electron chi connectivity index (χ0n) is 28.7. The predicted octanol–water partition coefficient (Wildman–Crippen LogP) is 11.1. The van der Waals surface area contributed by atoms with Gasteiger partial charge in [0.2, 0.25) is 0 Å². The van der Waals surface area contributed by atoms with E-state index in [0.29, 0.717) is 0 Å². The van der Waals surface area contributed by atoms with Crippen LogP contribution in [0, 0.1) is 0 Å². The van der Waals surface area contributed by atoms with Gasteiger partial charge in [-0.15, -0.1) is 0 Å². The summed E-state index contributed by atoms with van der Waals surface area (Å²) in [5.74, 6) is 0. The first kappa shape index (κ1) is 31.7. The van der Waals surface area contributed by atoms with Crippen LogP contribution < -0.4 is 5.46 Å². The van der Waals surface area contributed by atoms with E-state index in [-0.39, 0.29) is 11.2 Å². The first-order valence-corrected chi connectivity index (χ1v) is 17.0. The molecule has 238 valence electrons. The molecule has 0 unspecified atom stereocenters. The third-order valence-corrected chi connectivity index (χ3v) is 9.81. The normalized spacial score (nSPS) is 15.0. The molecule has 1 aliphatic heterocycles. The van der Waals surface area contributed by atoms with Gasteiger partial charge in [0.15, 0.2) is 0 Å². The molecule has 48 heavy (non-hydrogen) atoms. The van der Waals surface area contributed by atoms with Crippen LogP contribution in [0.15, 0.2) is 146 Å². The SMILES string of the molecule is CC.CC1(C)OB(c2cccc(-c3ccc4c(c3)c3ccccc3n4-c3cc(-c4ccccc4)cc(-c4ccccc4)c3)c2)OC1(C)C. The molecule has 2 heterocycles. The second-order valence-electron chi connectivity index (χ2n) is 13.3. The summed E-state index contributed by atoms with van der Waals surface area (Å²) < 4.78 is 15.2. The molecular weight excluding hydrogens is 585 g/mol. The number of rotatable bonds is 5. The molecule has 1 fully saturated rings. The molecule has 1 aliphatic rings. The lowest BCUT2D eigenvalue weighted by molar-refractivity contribution is 0.00578. The fourth-order valence-electron chi connectivity index (χ4n) is 6.61. The van der Waals surface area contributed by atoms with Crippen molar-refractivity contribution >= 4 is 34.4 Å². The third kappa shape index (κ3) is 5.66. The highest BCUT2D eigenvalue weighted by atomic mass is 16.7. The largest absolute Gasteiger partial charge is 0.494 e. The number of fused-ring (bicyclic) bond motifs is 3. The number of nitrogens with zero attached hydrogens (tertiary/aromatic N) is 1. The van der Waals surface area contributed by atoms with Crippen LogP contribution in [-0.2, 0) is 9.31 Å². The molecule has 0 aliphatic carbocycles. The molecule has 0 spiro atoms. The summed E-state index contributed by atoms with van der Waals surface area (Å²) in [5.41, 5.74) is 10.9. The summed E-state index contributed by atoms with van der Waals surface area (Å²) in [4.78, 5) is 0. The monoisotopic (exact) mass is 627 g/mol. The molecule has 8 rings (SSSR count). The number of hydrogen-bond donors (Lipinski definition) is 0. The lowest BCUT2D eigenvalue weighted by Gasteiger charge is -2.32. The van der Waals surface area contributed by atoms with E-state index in [4.69, 9.17) is 9.31 Å². The first-order valence-electron chi connectivity index (χ1n) is 17.0. The van der Waals surface area contributed by atoms with E-state index in [0.717, 1.165) is 22.3 Å². The lowest BCUT2D eigenvalue weighted by Crippen LogP contribution is -2.41. The summed E-state index contributed by atoms with van der Waals surface area (Å²) in [6, 6.07) is 52.4. The fourth-order valence-corrected chi connectivity index (χ4v) is 6.61. The molecule has 0 amide bonds. The van der Waals surface area contributed by atoms with Gasteiger partial charge in [-0.05, 0) is 103 Å². The highest BCUT2D eigenvalue weighted by Gasteiger charge is 2.51. The highest BCUT2D eigenvalue weighted by Crippen LogP contribution is 2.39. The standard InChI is InChI=1S/C42H36BNO2.C2H6/c1-41(2)42(3,4)46-43(45-41)35-19-13-18-31(25-35)32-22-23-40-38(28-32)37-20-11-12-21-39(37)44(40)36-26-33(29-14-7-5-8-15-29)24-34(27-36)30-16-9-6-10-17-30;1-2/h5-28H,1-4H3;1-2H3. The zero-order chi connectivity index (χ0) is 33.5. The molecule has 0 radical (unpaired) electrons. The van der Waals surface area contributed by atoms with Gasteiger partial charge in [0, 0.05) is 16.5 Å². The van der Waals surface area contributed by atoms with E-state index in [1.54, 1.807) is 0 Å². The van der Waals surface area contributed by atoms with E-state index in [1.807, 2.05) is 13.8 Å². The van der Waals surface area contributed by atoms with Crippen molar-refractivity contribution in [3.63, 3.8) is 0 Å². The molecule has 0 N–H and O–H groups in total. The average molecular weight is 628 g/mol. The summed E-state index contributed by atoms with van der Waals surface area (Å²) in [7, 11) is -0.397. The minimum Gasteiger partial charge on any atom is -0.399 e. The number of benzene rings is 6. The third-order valence-electron chi connectivity index (χ3n) is 9.81. The first-order chi connectivity index (χ1) is 23.3. The van der Waals surface area contributed by atoms with Crippen LogP contribution >= 0.6 is 0 Å². The molecule has 4 heteroatoms. The summed E-state index contributed by atoms with van der Waals surface area (Å²) in [6.45, 7) is 12.4. The van der Waals surface area contributed by atoms with Crippen LogP contribution in [0.2, 0.25) is 0 Å². The molecule has 6 aromatic carbocycles. The van der Waals surface area contributed by atoms with Gasteiger partial charge in [-0.1, -0.05) is 123 Å². The molecular formula is C44H42BNO2. The minimum atomic E-state index is -0.397. The maximum atomic E-state index is 6.38. The predicted molar refractivity (Wildman–Crippen MR) is 204 cm³/mol. The number of hydrogen-bond acceptors (Lipinski definition) is 2. The van der Waals surface area contributed by atoms with Crippen molar-refractivity contribution in [2.45, 2.75) is 52.7 Å². The van der Waals surface area contributed by atoms with Gasteiger partial charge in [-0.2, -0.15) is 0 Å². The second kappa shape index (κ2) is 12.6. The number of para-hydroxylation sites is 1. The van der Waals surface area contributed by atoms with Crippen LogP contribution in [-0.4, -0.2) is 22.9 Å². The average Bonchev–Trinajstić information content (AvgIpc) is 3.58. The van der Waals surface area contributed by atoms with E-state index >= 15 is 0 Å². The lowest BCUT2D eigenvalue weighted by atomic mass is 9.78.